The van der Waals surface area contributed by atoms with E-state index in [4.69, 9.17) is 4.74 Å². The highest BCUT2D eigenvalue weighted by molar-refractivity contribution is 5.23. The van der Waals surface area contributed by atoms with Crippen molar-refractivity contribution in [3.8, 4) is 0 Å². The molecule has 1 unspecified atom stereocenters. The van der Waals surface area contributed by atoms with Crippen LogP contribution in [0.25, 0.3) is 0 Å². The van der Waals surface area contributed by atoms with Gasteiger partial charge in [-0.15, -0.1) is 0 Å². The molecule has 1 aromatic carbocycles. The zero-order valence-corrected chi connectivity index (χ0v) is 12.2. The van der Waals surface area contributed by atoms with Crippen molar-refractivity contribution in [3.05, 3.63) is 35.6 Å². The summed E-state index contributed by atoms with van der Waals surface area (Å²) in [6.45, 7) is 2.95. The smallest absolute Gasteiger partial charge is 0.123 e. The summed E-state index contributed by atoms with van der Waals surface area (Å²) in [6, 6.07) is 7.26. The first-order valence-corrected chi connectivity index (χ1v) is 7.20. The van der Waals surface area contributed by atoms with Crippen molar-refractivity contribution < 1.29 is 14.2 Å². The number of methoxy groups -OCH3 is 1. The van der Waals surface area contributed by atoms with Gasteiger partial charge in [0.15, 0.2) is 0 Å². The molecule has 0 bridgehead atoms. The number of benzene rings is 1. The highest BCUT2D eigenvalue weighted by Crippen LogP contribution is 2.37. The van der Waals surface area contributed by atoms with E-state index in [1.165, 1.54) is 6.07 Å². The van der Waals surface area contributed by atoms with Crippen LogP contribution in [0, 0.1) is 5.82 Å². The third kappa shape index (κ3) is 4.27. The Labute approximate surface area is 120 Å². The summed E-state index contributed by atoms with van der Waals surface area (Å²) in [6.07, 6.45) is 2.63. The molecule has 3 nitrogen and oxygen atoms in total. The van der Waals surface area contributed by atoms with Gasteiger partial charge in [0.2, 0.25) is 0 Å². The molecule has 1 fully saturated rings. The van der Waals surface area contributed by atoms with E-state index in [1.807, 2.05) is 13.0 Å². The van der Waals surface area contributed by atoms with Gasteiger partial charge in [-0.2, -0.15) is 0 Å². The minimum absolute atomic E-state index is 0.165. The Kier molecular flexibility index (Phi) is 5.13. The average Bonchev–Trinajstić information content (AvgIpc) is 2.34. The van der Waals surface area contributed by atoms with Crippen molar-refractivity contribution in [2.24, 2.45) is 0 Å². The van der Waals surface area contributed by atoms with E-state index in [-0.39, 0.29) is 5.82 Å². The van der Waals surface area contributed by atoms with E-state index in [0.29, 0.717) is 31.5 Å². The maximum Gasteiger partial charge on any atom is 0.123 e. The Bertz CT molecular complexity index is 430. The highest BCUT2D eigenvalue weighted by Gasteiger charge is 2.31. The molecule has 0 aliphatic heterocycles. The lowest BCUT2D eigenvalue weighted by atomic mass is 9.75. The van der Waals surface area contributed by atoms with Gasteiger partial charge in [0.05, 0.1) is 5.60 Å². The molecule has 0 amide bonds. The SMILES string of the molecule is COCCC(C)(O)CNC1CC(c2cccc(F)c2)C1. The lowest BCUT2D eigenvalue weighted by molar-refractivity contribution is 0.0197. The number of rotatable bonds is 7. The van der Waals surface area contributed by atoms with E-state index >= 15 is 0 Å². The van der Waals surface area contributed by atoms with Gasteiger partial charge in [-0.1, -0.05) is 12.1 Å². The molecule has 1 saturated carbocycles. The first kappa shape index (κ1) is 15.4. The zero-order valence-electron chi connectivity index (χ0n) is 12.2. The molecule has 0 heterocycles. The van der Waals surface area contributed by atoms with E-state index < -0.39 is 5.60 Å². The van der Waals surface area contributed by atoms with Gasteiger partial charge in [-0.25, -0.2) is 4.39 Å². The van der Waals surface area contributed by atoms with Crippen LogP contribution >= 0.6 is 0 Å². The topological polar surface area (TPSA) is 41.5 Å². The minimum Gasteiger partial charge on any atom is -0.389 e. The van der Waals surface area contributed by atoms with Gasteiger partial charge < -0.3 is 15.2 Å². The van der Waals surface area contributed by atoms with Crippen LogP contribution < -0.4 is 5.32 Å². The molecule has 1 atom stereocenters. The molecular weight excluding hydrogens is 257 g/mol. The second kappa shape index (κ2) is 6.66. The number of ether oxygens (including phenoxy) is 1. The number of hydrogen-bond donors (Lipinski definition) is 2. The van der Waals surface area contributed by atoms with Gasteiger partial charge in [0, 0.05) is 32.7 Å². The molecule has 112 valence electrons. The quantitative estimate of drug-likeness (QED) is 0.806. The third-order valence-electron chi connectivity index (χ3n) is 4.07. The number of halogens is 1. The van der Waals surface area contributed by atoms with Gasteiger partial charge in [0.1, 0.15) is 5.82 Å². The van der Waals surface area contributed by atoms with Crippen LogP contribution in [-0.2, 0) is 4.74 Å². The molecule has 4 heteroatoms. The molecule has 0 aromatic heterocycles. The third-order valence-corrected chi connectivity index (χ3v) is 4.07. The lowest BCUT2D eigenvalue weighted by Crippen LogP contribution is -2.47. The van der Waals surface area contributed by atoms with Crippen LogP contribution in [0.5, 0.6) is 0 Å². The summed E-state index contributed by atoms with van der Waals surface area (Å²) in [7, 11) is 1.64. The summed E-state index contributed by atoms with van der Waals surface area (Å²) < 4.78 is 18.1. The molecule has 20 heavy (non-hydrogen) atoms. The number of nitrogens with one attached hydrogen (secondary N) is 1. The van der Waals surface area contributed by atoms with Crippen LogP contribution in [0.2, 0.25) is 0 Å². The summed E-state index contributed by atoms with van der Waals surface area (Å²) in [5.74, 6) is 0.272. The van der Waals surface area contributed by atoms with Crippen molar-refractivity contribution in [2.45, 2.75) is 43.7 Å². The van der Waals surface area contributed by atoms with Crippen molar-refractivity contribution in [2.75, 3.05) is 20.3 Å². The first-order chi connectivity index (χ1) is 9.50. The predicted molar refractivity (Wildman–Crippen MR) is 77.3 cm³/mol. The van der Waals surface area contributed by atoms with E-state index in [1.54, 1.807) is 19.2 Å². The number of aliphatic hydroxyl groups is 1. The first-order valence-electron chi connectivity index (χ1n) is 7.20. The van der Waals surface area contributed by atoms with Crippen LogP contribution in [0.3, 0.4) is 0 Å². The highest BCUT2D eigenvalue weighted by atomic mass is 19.1. The standard InChI is InChI=1S/C16H24FNO2/c1-16(19,6-7-20-2)11-18-15-9-13(10-15)12-4-3-5-14(17)8-12/h3-5,8,13,15,18-19H,6-7,9-11H2,1-2H3. The number of hydrogen-bond acceptors (Lipinski definition) is 3. The van der Waals surface area contributed by atoms with Gasteiger partial charge in [-0.05, 0) is 43.4 Å². The summed E-state index contributed by atoms with van der Waals surface area (Å²) in [5.41, 5.74) is 0.342. The Hall–Kier alpha value is -0.970. The Morgan fingerprint density at radius 3 is 2.85 bits per heavy atom. The second-order valence-electron chi connectivity index (χ2n) is 6.04. The van der Waals surface area contributed by atoms with Crippen molar-refractivity contribution in [1.29, 1.82) is 0 Å². The van der Waals surface area contributed by atoms with Gasteiger partial charge in [0.25, 0.3) is 0 Å². The summed E-state index contributed by atoms with van der Waals surface area (Å²) in [4.78, 5) is 0. The molecule has 1 aliphatic carbocycles. The molecule has 1 aliphatic rings. The maximum absolute atomic E-state index is 13.1. The lowest BCUT2D eigenvalue weighted by Gasteiger charge is -2.38. The predicted octanol–water partition coefficient (Wildman–Crippen LogP) is 2.45. The van der Waals surface area contributed by atoms with Gasteiger partial charge >= 0.3 is 0 Å². The monoisotopic (exact) mass is 281 g/mol. The van der Waals surface area contributed by atoms with Crippen LogP contribution in [-0.4, -0.2) is 37.0 Å². The van der Waals surface area contributed by atoms with Crippen LogP contribution in [0.1, 0.15) is 37.7 Å². The van der Waals surface area contributed by atoms with E-state index in [0.717, 1.165) is 18.4 Å². The zero-order chi connectivity index (χ0) is 14.6. The fraction of sp³-hybridized carbons (Fsp3) is 0.625. The van der Waals surface area contributed by atoms with Crippen molar-refractivity contribution in [3.63, 3.8) is 0 Å². The second-order valence-corrected chi connectivity index (χ2v) is 6.04. The molecule has 0 spiro atoms. The summed E-state index contributed by atoms with van der Waals surface area (Å²) in [5, 5.41) is 13.5. The Morgan fingerprint density at radius 1 is 1.45 bits per heavy atom. The normalized spacial score (nSPS) is 25.0. The fourth-order valence-electron chi connectivity index (χ4n) is 2.59. The van der Waals surface area contributed by atoms with Crippen molar-refractivity contribution >= 4 is 0 Å². The molecule has 2 N–H and O–H groups in total. The van der Waals surface area contributed by atoms with Crippen LogP contribution in [0.15, 0.2) is 24.3 Å². The van der Waals surface area contributed by atoms with Gasteiger partial charge in [-0.3, -0.25) is 0 Å². The average molecular weight is 281 g/mol. The maximum atomic E-state index is 13.1. The summed E-state index contributed by atoms with van der Waals surface area (Å²) >= 11 is 0. The molecule has 0 saturated heterocycles. The molecule has 2 rings (SSSR count). The largest absolute Gasteiger partial charge is 0.389 e. The molecular formula is C16H24FNO2. The van der Waals surface area contributed by atoms with E-state index in [9.17, 15) is 9.50 Å². The van der Waals surface area contributed by atoms with Crippen LogP contribution in [0.4, 0.5) is 4.39 Å². The fourth-order valence-corrected chi connectivity index (χ4v) is 2.59. The van der Waals surface area contributed by atoms with Crippen molar-refractivity contribution in [1.82, 2.24) is 5.32 Å². The Morgan fingerprint density at radius 2 is 2.20 bits per heavy atom. The molecule has 1 aromatic rings. The van der Waals surface area contributed by atoms with E-state index in [2.05, 4.69) is 5.32 Å². The molecule has 0 radical (unpaired) electrons. The minimum atomic E-state index is -0.736. The Balaban J connectivity index is 1.72.